The molecule has 2 N–H and O–H groups in total. The maximum atomic E-state index is 11.9. The van der Waals surface area contributed by atoms with E-state index in [4.69, 9.17) is 10.5 Å². The van der Waals surface area contributed by atoms with Gasteiger partial charge in [0, 0.05) is 13.1 Å². The quantitative estimate of drug-likeness (QED) is 0.727. The maximum Gasteiger partial charge on any atom is 0.240 e. The van der Waals surface area contributed by atoms with Gasteiger partial charge in [0.25, 0.3) is 0 Å². The van der Waals surface area contributed by atoms with E-state index < -0.39 is 6.04 Å². The zero-order valence-corrected chi connectivity index (χ0v) is 10.5. The van der Waals surface area contributed by atoms with Gasteiger partial charge in [0.05, 0.1) is 19.3 Å². The van der Waals surface area contributed by atoms with Crippen LogP contribution >= 0.6 is 12.4 Å². The van der Waals surface area contributed by atoms with E-state index in [0.717, 1.165) is 0 Å². The highest BCUT2D eigenvalue weighted by molar-refractivity contribution is 5.85. The van der Waals surface area contributed by atoms with E-state index in [1.54, 1.807) is 4.90 Å². The number of halogens is 1. The minimum atomic E-state index is -0.416. The van der Waals surface area contributed by atoms with Crippen LogP contribution in [0.2, 0.25) is 0 Å². The van der Waals surface area contributed by atoms with Crippen molar-refractivity contribution in [2.24, 2.45) is 11.1 Å². The molecular formula is C10H21ClN2O2. The molecule has 1 heterocycles. The van der Waals surface area contributed by atoms with Gasteiger partial charge in [-0.3, -0.25) is 4.79 Å². The maximum absolute atomic E-state index is 11.9. The van der Waals surface area contributed by atoms with Gasteiger partial charge >= 0.3 is 0 Å². The average molecular weight is 237 g/mol. The van der Waals surface area contributed by atoms with Crippen LogP contribution in [-0.4, -0.2) is 43.2 Å². The van der Waals surface area contributed by atoms with Crippen molar-refractivity contribution in [2.75, 3.05) is 26.3 Å². The van der Waals surface area contributed by atoms with E-state index in [2.05, 4.69) is 0 Å². The third kappa shape index (κ3) is 3.97. The predicted octanol–water partition coefficient (Wildman–Crippen LogP) is 0.640. The normalized spacial score (nSPS) is 19.3. The first-order valence-electron chi connectivity index (χ1n) is 5.05. The second-order valence-electron chi connectivity index (χ2n) is 4.78. The molecule has 1 atom stereocenters. The first kappa shape index (κ1) is 14.7. The van der Waals surface area contributed by atoms with Gasteiger partial charge in [0.1, 0.15) is 0 Å². The van der Waals surface area contributed by atoms with Crippen LogP contribution in [0.4, 0.5) is 0 Å². The lowest BCUT2D eigenvalue weighted by atomic mass is 9.86. The number of ether oxygens (including phenoxy) is 1. The van der Waals surface area contributed by atoms with Crippen LogP contribution in [0.15, 0.2) is 0 Å². The van der Waals surface area contributed by atoms with Crippen LogP contribution in [0.25, 0.3) is 0 Å². The molecule has 0 aliphatic carbocycles. The Kier molecular flexibility index (Phi) is 5.56. The Bertz CT molecular complexity index is 210. The number of morpholine rings is 1. The number of carbonyl (C=O) groups excluding carboxylic acids is 1. The molecule has 0 bridgehead atoms. The van der Waals surface area contributed by atoms with Gasteiger partial charge in [-0.2, -0.15) is 0 Å². The highest BCUT2D eigenvalue weighted by Crippen LogP contribution is 2.19. The van der Waals surface area contributed by atoms with Crippen LogP contribution in [0.1, 0.15) is 20.8 Å². The number of nitrogens with zero attached hydrogens (tertiary/aromatic N) is 1. The Balaban J connectivity index is 0.00000196. The largest absolute Gasteiger partial charge is 0.378 e. The molecule has 5 heteroatoms. The van der Waals surface area contributed by atoms with E-state index >= 15 is 0 Å². The van der Waals surface area contributed by atoms with Crippen molar-refractivity contribution in [1.82, 2.24) is 4.90 Å². The minimum Gasteiger partial charge on any atom is -0.378 e. The molecule has 0 aromatic carbocycles. The van der Waals surface area contributed by atoms with Gasteiger partial charge < -0.3 is 15.4 Å². The standard InChI is InChI=1S/C10H20N2O2.ClH/c1-10(2,3)8(11)9(13)12-4-6-14-7-5-12;/h8H,4-7,11H2,1-3H3;1H. The number of carbonyl (C=O) groups is 1. The number of hydrogen-bond acceptors (Lipinski definition) is 3. The molecule has 0 aromatic rings. The number of nitrogens with two attached hydrogens (primary N) is 1. The van der Waals surface area contributed by atoms with Crippen molar-refractivity contribution >= 4 is 18.3 Å². The van der Waals surface area contributed by atoms with E-state index in [9.17, 15) is 4.79 Å². The zero-order chi connectivity index (χ0) is 10.8. The highest BCUT2D eigenvalue weighted by Gasteiger charge is 2.31. The summed E-state index contributed by atoms with van der Waals surface area (Å²) in [5.41, 5.74) is 5.72. The molecule has 1 aliphatic rings. The summed E-state index contributed by atoms with van der Waals surface area (Å²) in [6, 6.07) is -0.416. The third-order valence-corrected chi connectivity index (χ3v) is 2.52. The summed E-state index contributed by atoms with van der Waals surface area (Å²) in [5.74, 6) is 0.0424. The molecule has 1 saturated heterocycles. The Morgan fingerprint density at radius 3 is 2.20 bits per heavy atom. The molecule has 90 valence electrons. The summed E-state index contributed by atoms with van der Waals surface area (Å²) >= 11 is 0. The molecule has 4 nitrogen and oxygen atoms in total. The topological polar surface area (TPSA) is 55.6 Å². The summed E-state index contributed by atoms with van der Waals surface area (Å²) < 4.78 is 5.18. The van der Waals surface area contributed by atoms with Crippen LogP contribution in [0, 0.1) is 5.41 Å². The lowest BCUT2D eigenvalue weighted by Crippen LogP contribution is -2.53. The lowest BCUT2D eigenvalue weighted by Gasteiger charge is -2.33. The van der Waals surface area contributed by atoms with Crippen molar-refractivity contribution < 1.29 is 9.53 Å². The molecule has 0 spiro atoms. The SMILES string of the molecule is CC(C)(C)C(N)C(=O)N1CCOCC1.Cl. The summed E-state index contributed by atoms with van der Waals surface area (Å²) in [6.45, 7) is 8.54. The van der Waals surface area contributed by atoms with Crippen LogP contribution in [0.3, 0.4) is 0 Å². The van der Waals surface area contributed by atoms with Gasteiger partial charge in [-0.1, -0.05) is 20.8 Å². The fraction of sp³-hybridized carbons (Fsp3) is 0.900. The van der Waals surface area contributed by atoms with Gasteiger partial charge in [-0.15, -0.1) is 12.4 Å². The second-order valence-corrected chi connectivity index (χ2v) is 4.78. The molecule has 0 aromatic heterocycles. The van der Waals surface area contributed by atoms with Crippen molar-refractivity contribution in [3.63, 3.8) is 0 Å². The van der Waals surface area contributed by atoms with Crippen molar-refractivity contribution in [3.05, 3.63) is 0 Å². The number of amides is 1. The van der Waals surface area contributed by atoms with Gasteiger partial charge in [-0.05, 0) is 5.41 Å². The van der Waals surface area contributed by atoms with E-state index in [1.807, 2.05) is 20.8 Å². The molecule has 1 amide bonds. The first-order valence-corrected chi connectivity index (χ1v) is 5.05. The molecule has 1 unspecified atom stereocenters. The van der Waals surface area contributed by atoms with Crippen LogP contribution in [0.5, 0.6) is 0 Å². The average Bonchev–Trinajstić information content (AvgIpc) is 2.15. The molecule has 15 heavy (non-hydrogen) atoms. The number of hydrogen-bond donors (Lipinski definition) is 1. The fourth-order valence-corrected chi connectivity index (χ4v) is 1.35. The van der Waals surface area contributed by atoms with Crippen LogP contribution in [-0.2, 0) is 9.53 Å². The zero-order valence-electron chi connectivity index (χ0n) is 9.66. The first-order chi connectivity index (χ1) is 6.43. The van der Waals surface area contributed by atoms with Gasteiger partial charge in [0.2, 0.25) is 5.91 Å². The van der Waals surface area contributed by atoms with Crippen LogP contribution < -0.4 is 5.73 Å². The minimum absolute atomic E-state index is 0. The molecule has 0 radical (unpaired) electrons. The summed E-state index contributed by atoms with van der Waals surface area (Å²) in [4.78, 5) is 13.7. The van der Waals surface area contributed by atoms with E-state index in [0.29, 0.717) is 26.3 Å². The smallest absolute Gasteiger partial charge is 0.240 e. The highest BCUT2D eigenvalue weighted by atomic mass is 35.5. The Morgan fingerprint density at radius 1 is 1.33 bits per heavy atom. The predicted molar refractivity (Wildman–Crippen MR) is 62.1 cm³/mol. The molecule has 1 aliphatic heterocycles. The fourth-order valence-electron chi connectivity index (χ4n) is 1.35. The Labute approximate surface area is 97.5 Å². The summed E-state index contributed by atoms with van der Waals surface area (Å²) in [7, 11) is 0. The second kappa shape index (κ2) is 5.68. The van der Waals surface area contributed by atoms with Crippen molar-refractivity contribution in [2.45, 2.75) is 26.8 Å². The van der Waals surface area contributed by atoms with E-state index in [-0.39, 0.29) is 23.7 Å². The van der Waals surface area contributed by atoms with Gasteiger partial charge in [-0.25, -0.2) is 0 Å². The molecule has 1 rings (SSSR count). The molecule has 1 fully saturated rings. The third-order valence-electron chi connectivity index (χ3n) is 2.52. The Hall–Kier alpha value is -0.320. The van der Waals surface area contributed by atoms with Crippen molar-refractivity contribution in [3.8, 4) is 0 Å². The monoisotopic (exact) mass is 236 g/mol. The summed E-state index contributed by atoms with van der Waals surface area (Å²) in [6.07, 6.45) is 0. The molecule has 0 saturated carbocycles. The Morgan fingerprint density at radius 2 is 1.80 bits per heavy atom. The molecular weight excluding hydrogens is 216 g/mol. The summed E-state index contributed by atoms with van der Waals surface area (Å²) in [5, 5.41) is 0. The lowest BCUT2D eigenvalue weighted by molar-refractivity contribution is -0.139. The number of rotatable bonds is 1. The van der Waals surface area contributed by atoms with Gasteiger partial charge in [0.15, 0.2) is 0 Å². The van der Waals surface area contributed by atoms with Crippen molar-refractivity contribution in [1.29, 1.82) is 0 Å². The van der Waals surface area contributed by atoms with E-state index in [1.165, 1.54) is 0 Å².